The van der Waals surface area contributed by atoms with Crippen LogP contribution in [0.15, 0.2) is 0 Å². The van der Waals surface area contributed by atoms with E-state index in [4.69, 9.17) is 5.73 Å². The van der Waals surface area contributed by atoms with E-state index >= 15 is 0 Å². The summed E-state index contributed by atoms with van der Waals surface area (Å²) in [6.45, 7) is 3.25. The standard InChI is InChI=1S/C7H14N2/c1-2-9-7-3-6(8,4-7)5-7/h9H,2-5,8H2,1H3. The molecule has 3 rings (SSSR count). The molecule has 0 spiro atoms. The Labute approximate surface area is 55.8 Å². The van der Waals surface area contributed by atoms with E-state index in [1.54, 1.807) is 0 Å². The highest BCUT2D eigenvalue weighted by atomic mass is 15.1. The molecule has 0 aromatic rings. The van der Waals surface area contributed by atoms with Crippen LogP contribution in [0.3, 0.4) is 0 Å². The summed E-state index contributed by atoms with van der Waals surface area (Å²) in [6, 6.07) is 0. The molecule has 2 nitrogen and oxygen atoms in total. The highest BCUT2D eigenvalue weighted by Crippen LogP contribution is 2.58. The molecule has 3 aliphatic carbocycles. The highest BCUT2D eigenvalue weighted by Gasteiger charge is 2.65. The van der Waals surface area contributed by atoms with Gasteiger partial charge < -0.3 is 11.1 Å². The van der Waals surface area contributed by atoms with Crippen molar-refractivity contribution in [2.45, 2.75) is 37.3 Å². The second kappa shape index (κ2) is 1.32. The molecule has 0 aromatic carbocycles. The van der Waals surface area contributed by atoms with Crippen molar-refractivity contribution in [3.05, 3.63) is 0 Å². The Morgan fingerprint density at radius 3 is 2.33 bits per heavy atom. The molecule has 0 aliphatic heterocycles. The quantitative estimate of drug-likeness (QED) is 0.556. The molecule has 3 aliphatic rings. The van der Waals surface area contributed by atoms with Crippen molar-refractivity contribution in [1.29, 1.82) is 0 Å². The number of nitrogens with one attached hydrogen (secondary N) is 1. The van der Waals surface area contributed by atoms with Crippen LogP contribution in [0, 0.1) is 0 Å². The number of nitrogens with two attached hydrogens (primary N) is 1. The van der Waals surface area contributed by atoms with Crippen molar-refractivity contribution < 1.29 is 0 Å². The Bertz CT molecular complexity index is 116. The molecule has 2 bridgehead atoms. The summed E-state index contributed by atoms with van der Waals surface area (Å²) in [6.07, 6.45) is 3.65. The number of hydrogen-bond donors (Lipinski definition) is 2. The van der Waals surface area contributed by atoms with Crippen LogP contribution in [0.25, 0.3) is 0 Å². The van der Waals surface area contributed by atoms with Gasteiger partial charge in [0.05, 0.1) is 0 Å². The van der Waals surface area contributed by atoms with Crippen molar-refractivity contribution >= 4 is 0 Å². The average Bonchev–Trinajstić information content (AvgIpc) is 1.60. The molecule has 3 fully saturated rings. The van der Waals surface area contributed by atoms with Gasteiger partial charge in [0.25, 0.3) is 0 Å². The largest absolute Gasteiger partial charge is 0.325 e. The van der Waals surface area contributed by atoms with Crippen LogP contribution in [0.5, 0.6) is 0 Å². The van der Waals surface area contributed by atoms with Crippen molar-refractivity contribution in [3.63, 3.8) is 0 Å². The van der Waals surface area contributed by atoms with Gasteiger partial charge in [0.2, 0.25) is 0 Å². The fourth-order valence-corrected chi connectivity index (χ4v) is 2.43. The van der Waals surface area contributed by atoms with E-state index in [9.17, 15) is 0 Å². The van der Waals surface area contributed by atoms with E-state index in [2.05, 4.69) is 12.2 Å². The van der Waals surface area contributed by atoms with Gasteiger partial charge in [0.1, 0.15) is 0 Å². The Hall–Kier alpha value is -0.0800. The summed E-state index contributed by atoms with van der Waals surface area (Å²) < 4.78 is 0. The maximum atomic E-state index is 5.86. The zero-order chi connectivity index (χ0) is 6.54. The lowest BCUT2D eigenvalue weighted by atomic mass is 9.44. The van der Waals surface area contributed by atoms with Crippen LogP contribution in [0.4, 0.5) is 0 Å². The molecule has 0 atom stereocenters. The fraction of sp³-hybridized carbons (Fsp3) is 1.00. The summed E-state index contributed by atoms with van der Waals surface area (Å²) in [5.41, 5.74) is 6.63. The van der Waals surface area contributed by atoms with Crippen molar-refractivity contribution in [1.82, 2.24) is 5.32 Å². The van der Waals surface area contributed by atoms with Gasteiger partial charge in [-0.1, -0.05) is 6.92 Å². The SMILES string of the molecule is CCNC12CC(N)(C1)C2. The first-order valence-electron chi connectivity index (χ1n) is 3.72. The third kappa shape index (κ3) is 0.578. The average molecular weight is 126 g/mol. The lowest BCUT2D eigenvalue weighted by Gasteiger charge is -2.69. The van der Waals surface area contributed by atoms with Gasteiger partial charge in [-0.3, -0.25) is 0 Å². The molecule has 0 aromatic heterocycles. The maximum Gasteiger partial charge on any atom is 0.0233 e. The Morgan fingerprint density at radius 2 is 2.00 bits per heavy atom. The molecule has 3 saturated carbocycles. The van der Waals surface area contributed by atoms with Crippen LogP contribution in [0.2, 0.25) is 0 Å². The van der Waals surface area contributed by atoms with Crippen LogP contribution in [-0.4, -0.2) is 17.6 Å². The predicted octanol–water partition coefficient (Wildman–Crippen LogP) is 0.230. The molecular weight excluding hydrogens is 112 g/mol. The third-order valence-corrected chi connectivity index (χ3v) is 2.62. The van der Waals surface area contributed by atoms with E-state index in [1.165, 1.54) is 19.3 Å². The number of rotatable bonds is 2. The van der Waals surface area contributed by atoms with Gasteiger partial charge in [-0.05, 0) is 25.8 Å². The topological polar surface area (TPSA) is 38.0 Å². The number of hydrogen-bond acceptors (Lipinski definition) is 2. The zero-order valence-electron chi connectivity index (χ0n) is 5.91. The molecule has 0 heterocycles. The molecule has 9 heavy (non-hydrogen) atoms. The fourth-order valence-electron chi connectivity index (χ4n) is 2.43. The molecule has 0 saturated heterocycles. The lowest BCUT2D eigenvalue weighted by Crippen LogP contribution is -2.81. The molecule has 52 valence electrons. The maximum absolute atomic E-state index is 5.86. The zero-order valence-corrected chi connectivity index (χ0v) is 5.91. The normalized spacial score (nSPS) is 54.0. The van der Waals surface area contributed by atoms with E-state index in [1.807, 2.05) is 0 Å². The minimum Gasteiger partial charge on any atom is -0.325 e. The van der Waals surface area contributed by atoms with E-state index in [-0.39, 0.29) is 5.54 Å². The Balaban J connectivity index is 1.90. The minimum absolute atomic E-state index is 0.266. The minimum atomic E-state index is 0.266. The Morgan fingerprint density at radius 1 is 1.44 bits per heavy atom. The summed E-state index contributed by atoms with van der Waals surface area (Å²) in [5, 5.41) is 3.47. The highest BCUT2D eigenvalue weighted by molar-refractivity contribution is 5.27. The van der Waals surface area contributed by atoms with Crippen LogP contribution in [-0.2, 0) is 0 Å². The van der Waals surface area contributed by atoms with Crippen LogP contribution < -0.4 is 11.1 Å². The first kappa shape index (κ1) is 5.69. The summed E-state index contributed by atoms with van der Waals surface area (Å²) in [5.74, 6) is 0. The van der Waals surface area contributed by atoms with E-state index in [0.29, 0.717) is 5.54 Å². The first-order valence-corrected chi connectivity index (χ1v) is 3.72. The van der Waals surface area contributed by atoms with Crippen LogP contribution >= 0.6 is 0 Å². The summed E-state index contributed by atoms with van der Waals surface area (Å²) >= 11 is 0. The molecule has 0 amide bonds. The smallest absolute Gasteiger partial charge is 0.0233 e. The molecule has 3 N–H and O–H groups in total. The van der Waals surface area contributed by atoms with Gasteiger partial charge in [-0.15, -0.1) is 0 Å². The molecule has 2 heteroatoms. The summed E-state index contributed by atoms with van der Waals surface area (Å²) in [7, 11) is 0. The van der Waals surface area contributed by atoms with Gasteiger partial charge in [0, 0.05) is 11.1 Å². The molecule has 0 radical (unpaired) electrons. The van der Waals surface area contributed by atoms with E-state index < -0.39 is 0 Å². The van der Waals surface area contributed by atoms with Crippen molar-refractivity contribution in [3.8, 4) is 0 Å². The van der Waals surface area contributed by atoms with Gasteiger partial charge in [-0.25, -0.2) is 0 Å². The second-order valence-corrected chi connectivity index (χ2v) is 3.70. The second-order valence-electron chi connectivity index (χ2n) is 3.70. The lowest BCUT2D eigenvalue weighted by molar-refractivity contribution is -0.0771. The van der Waals surface area contributed by atoms with Crippen LogP contribution in [0.1, 0.15) is 26.2 Å². The van der Waals surface area contributed by atoms with Gasteiger partial charge in [0.15, 0.2) is 0 Å². The van der Waals surface area contributed by atoms with Gasteiger partial charge >= 0.3 is 0 Å². The predicted molar refractivity (Wildman–Crippen MR) is 37.2 cm³/mol. The van der Waals surface area contributed by atoms with Crippen molar-refractivity contribution in [2.24, 2.45) is 5.73 Å². The Kier molecular flexibility index (Phi) is 0.837. The van der Waals surface area contributed by atoms with Gasteiger partial charge in [-0.2, -0.15) is 0 Å². The van der Waals surface area contributed by atoms with Crippen molar-refractivity contribution in [2.75, 3.05) is 6.54 Å². The molecule has 0 unspecified atom stereocenters. The molecular formula is C7H14N2. The van der Waals surface area contributed by atoms with E-state index in [0.717, 1.165) is 6.54 Å². The summed E-state index contributed by atoms with van der Waals surface area (Å²) in [4.78, 5) is 0. The monoisotopic (exact) mass is 126 g/mol. The first-order chi connectivity index (χ1) is 4.18. The third-order valence-electron chi connectivity index (χ3n) is 2.62.